The highest BCUT2D eigenvalue weighted by molar-refractivity contribution is 5.95. The average Bonchev–Trinajstić information content (AvgIpc) is 3.04. The van der Waals surface area contributed by atoms with E-state index in [0.29, 0.717) is 38.3 Å². The van der Waals surface area contributed by atoms with Crippen molar-refractivity contribution in [3.05, 3.63) is 35.6 Å². The van der Waals surface area contributed by atoms with E-state index in [9.17, 15) is 14.3 Å². The molecule has 0 aliphatic carbocycles. The van der Waals surface area contributed by atoms with Gasteiger partial charge in [0.15, 0.2) is 5.78 Å². The number of β-amino-alcohol motifs (C(OH)–C–C–N with tert-alkyl or cyclic N) is 1. The molecule has 2 heterocycles. The third kappa shape index (κ3) is 5.58. The number of carbonyl (C=O) groups is 1. The number of aliphatic hydroxyl groups is 1. The molecule has 5 nitrogen and oxygen atoms in total. The molecule has 1 aromatic carbocycles. The van der Waals surface area contributed by atoms with E-state index in [1.165, 1.54) is 37.1 Å². The van der Waals surface area contributed by atoms with Crippen molar-refractivity contribution in [2.45, 2.75) is 31.3 Å². The second-order valence-electron chi connectivity index (χ2n) is 7.57. The first-order valence-electron chi connectivity index (χ1n) is 9.58. The number of Topliss-reactive ketones (excluding diaryl/α,β-unsaturated/α-hetero) is 1. The molecule has 144 valence electrons. The van der Waals surface area contributed by atoms with Crippen LogP contribution in [0.15, 0.2) is 24.3 Å². The number of carbonyl (C=O) groups excluding carboxylic acids is 1. The van der Waals surface area contributed by atoms with Crippen molar-refractivity contribution in [1.82, 2.24) is 9.80 Å². The molecule has 1 unspecified atom stereocenters. The fourth-order valence-electron chi connectivity index (χ4n) is 3.88. The van der Waals surface area contributed by atoms with Gasteiger partial charge in [0.2, 0.25) is 0 Å². The predicted octanol–water partition coefficient (Wildman–Crippen LogP) is 1.95. The minimum atomic E-state index is -0.845. The quantitative estimate of drug-likeness (QED) is 0.750. The Labute approximate surface area is 154 Å². The van der Waals surface area contributed by atoms with Crippen molar-refractivity contribution >= 4 is 5.78 Å². The van der Waals surface area contributed by atoms with Gasteiger partial charge in [0, 0.05) is 31.6 Å². The maximum absolute atomic E-state index is 12.9. The molecule has 2 fully saturated rings. The van der Waals surface area contributed by atoms with E-state index in [1.54, 1.807) is 0 Å². The molecule has 26 heavy (non-hydrogen) atoms. The van der Waals surface area contributed by atoms with Gasteiger partial charge in [0.1, 0.15) is 11.4 Å². The van der Waals surface area contributed by atoms with Gasteiger partial charge in [-0.25, -0.2) is 4.39 Å². The van der Waals surface area contributed by atoms with E-state index in [0.717, 1.165) is 32.6 Å². The zero-order valence-electron chi connectivity index (χ0n) is 15.3. The van der Waals surface area contributed by atoms with E-state index in [-0.39, 0.29) is 11.6 Å². The summed E-state index contributed by atoms with van der Waals surface area (Å²) in [6, 6.07) is 5.70. The molecule has 2 aliphatic rings. The Kier molecular flexibility index (Phi) is 6.75. The topological polar surface area (TPSA) is 53.0 Å². The monoisotopic (exact) mass is 364 g/mol. The molecule has 2 aliphatic heterocycles. The van der Waals surface area contributed by atoms with Crippen LogP contribution in [0.2, 0.25) is 0 Å². The fraction of sp³-hybridized carbons (Fsp3) is 0.650. The number of ketones is 1. The summed E-state index contributed by atoms with van der Waals surface area (Å²) >= 11 is 0. The molecule has 1 atom stereocenters. The number of likely N-dealkylation sites (tertiary alicyclic amines) is 1. The number of nitrogens with zero attached hydrogens (tertiary/aromatic N) is 2. The van der Waals surface area contributed by atoms with Crippen LogP contribution in [0.5, 0.6) is 0 Å². The van der Waals surface area contributed by atoms with E-state index >= 15 is 0 Å². The molecule has 0 spiro atoms. The Morgan fingerprint density at radius 1 is 1.15 bits per heavy atom. The third-order valence-electron chi connectivity index (χ3n) is 5.20. The molecule has 0 radical (unpaired) electrons. The lowest BCUT2D eigenvalue weighted by Crippen LogP contribution is -2.52. The second kappa shape index (κ2) is 9.04. The predicted molar refractivity (Wildman–Crippen MR) is 97.8 cm³/mol. The molecule has 2 saturated heterocycles. The molecule has 0 amide bonds. The van der Waals surface area contributed by atoms with Crippen LogP contribution in [-0.4, -0.2) is 78.8 Å². The summed E-state index contributed by atoms with van der Waals surface area (Å²) < 4.78 is 18.6. The van der Waals surface area contributed by atoms with Gasteiger partial charge in [-0.3, -0.25) is 9.69 Å². The fourth-order valence-corrected chi connectivity index (χ4v) is 3.88. The molecule has 1 aromatic rings. The molecular formula is C20H29FN2O3. The smallest absolute Gasteiger partial charge is 0.162 e. The Morgan fingerprint density at radius 3 is 2.62 bits per heavy atom. The highest BCUT2D eigenvalue weighted by Gasteiger charge is 2.34. The highest BCUT2D eigenvalue weighted by atomic mass is 19.1. The Balaban J connectivity index is 1.47. The van der Waals surface area contributed by atoms with Gasteiger partial charge >= 0.3 is 0 Å². The summed E-state index contributed by atoms with van der Waals surface area (Å²) in [4.78, 5) is 16.7. The van der Waals surface area contributed by atoms with Gasteiger partial charge in [-0.15, -0.1) is 0 Å². The zero-order chi connectivity index (χ0) is 18.4. The van der Waals surface area contributed by atoms with Gasteiger partial charge in [-0.05, 0) is 63.2 Å². The molecule has 6 heteroatoms. The Bertz CT molecular complexity index is 589. The van der Waals surface area contributed by atoms with Crippen molar-refractivity contribution in [1.29, 1.82) is 0 Å². The van der Waals surface area contributed by atoms with Gasteiger partial charge in [0.05, 0.1) is 13.2 Å². The number of ether oxygens (including phenoxy) is 1. The van der Waals surface area contributed by atoms with Crippen LogP contribution >= 0.6 is 0 Å². The van der Waals surface area contributed by atoms with Crippen LogP contribution in [-0.2, 0) is 4.74 Å². The summed E-state index contributed by atoms with van der Waals surface area (Å²) in [5.74, 6) is -0.299. The molecule has 1 N–H and O–H groups in total. The third-order valence-corrected chi connectivity index (χ3v) is 5.20. The second-order valence-corrected chi connectivity index (χ2v) is 7.57. The van der Waals surface area contributed by atoms with Gasteiger partial charge < -0.3 is 14.7 Å². The van der Waals surface area contributed by atoms with Crippen LogP contribution in [0.3, 0.4) is 0 Å². The Hall–Kier alpha value is -1.34. The first-order valence-corrected chi connectivity index (χ1v) is 9.58. The van der Waals surface area contributed by atoms with E-state index in [4.69, 9.17) is 4.74 Å². The van der Waals surface area contributed by atoms with Crippen LogP contribution in [0.4, 0.5) is 4.39 Å². The van der Waals surface area contributed by atoms with Gasteiger partial charge in [-0.1, -0.05) is 0 Å². The molecule has 0 saturated carbocycles. The summed E-state index contributed by atoms with van der Waals surface area (Å²) in [5, 5.41) is 11.0. The lowest BCUT2D eigenvalue weighted by Gasteiger charge is -2.34. The van der Waals surface area contributed by atoms with Crippen molar-refractivity contribution in [3.63, 3.8) is 0 Å². The highest BCUT2D eigenvalue weighted by Crippen LogP contribution is 2.18. The first kappa shape index (κ1) is 19.4. The minimum Gasteiger partial charge on any atom is -0.385 e. The maximum Gasteiger partial charge on any atom is 0.162 e. The van der Waals surface area contributed by atoms with Crippen LogP contribution in [0, 0.1) is 5.82 Å². The standard InChI is InChI=1S/C20H29FN2O3/c21-18-7-5-17(6-8-18)19(24)4-3-11-23-12-13-26-16-20(25,15-23)14-22-9-1-2-10-22/h5-8,25H,1-4,9-16H2. The van der Waals surface area contributed by atoms with Crippen LogP contribution < -0.4 is 0 Å². The van der Waals surface area contributed by atoms with Gasteiger partial charge in [0.25, 0.3) is 0 Å². The number of hydrogen-bond donors (Lipinski definition) is 1. The summed E-state index contributed by atoms with van der Waals surface area (Å²) in [6.45, 7) is 5.82. The normalized spacial score (nSPS) is 25.3. The molecule has 0 aromatic heterocycles. The summed E-state index contributed by atoms with van der Waals surface area (Å²) in [7, 11) is 0. The van der Waals surface area contributed by atoms with E-state index in [2.05, 4.69) is 9.80 Å². The maximum atomic E-state index is 12.9. The number of hydrogen-bond acceptors (Lipinski definition) is 5. The molecule has 3 rings (SSSR count). The van der Waals surface area contributed by atoms with Crippen LogP contribution in [0.25, 0.3) is 0 Å². The molecular weight excluding hydrogens is 335 g/mol. The van der Waals surface area contributed by atoms with Crippen molar-refractivity contribution in [3.8, 4) is 0 Å². The summed E-state index contributed by atoms with van der Waals surface area (Å²) in [5.41, 5.74) is -0.293. The Morgan fingerprint density at radius 2 is 1.88 bits per heavy atom. The van der Waals surface area contributed by atoms with E-state index < -0.39 is 5.60 Å². The van der Waals surface area contributed by atoms with Crippen molar-refractivity contribution in [2.24, 2.45) is 0 Å². The number of halogens is 1. The van der Waals surface area contributed by atoms with Crippen molar-refractivity contribution < 1.29 is 19.0 Å². The minimum absolute atomic E-state index is 0.0309. The van der Waals surface area contributed by atoms with Crippen LogP contribution in [0.1, 0.15) is 36.0 Å². The average molecular weight is 364 g/mol. The zero-order valence-corrected chi connectivity index (χ0v) is 15.3. The largest absolute Gasteiger partial charge is 0.385 e. The number of benzene rings is 1. The lowest BCUT2D eigenvalue weighted by molar-refractivity contribution is -0.0543. The SMILES string of the molecule is O=C(CCCN1CCOCC(O)(CN2CCCC2)C1)c1ccc(F)cc1. The van der Waals surface area contributed by atoms with E-state index in [1.807, 2.05) is 0 Å². The number of rotatable bonds is 7. The van der Waals surface area contributed by atoms with Gasteiger partial charge in [-0.2, -0.15) is 0 Å². The molecule has 0 bridgehead atoms. The van der Waals surface area contributed by atoms with Crippen molar-refractivity contribution in [2.75, 3.05) is 52.5 Å². The summed E-state index contributed by atoms with van der Waals surface area (Å²) in [6.07, 6.45) is 3.54. The lowest BCUT2D eigenvalue weighted by atomic mass is 10.0. The first-order chi connectivity index (χ1) is 12.5.